The lowest BCUT2D eigenvalue weighted by Gasteiger charge is -2.45. The van der Waals surface area contributed by atoms with Crippen LogP contribution in [0.1, 0.15) is 12.0 Å². The summed E-state index contributed by atoms with van der Waals surface area (Å²) in [5.41, 5.74) is 1.20. The van der Waals surface area contributed by atoms with Crippen LogP contribution in [0.3, 0.4) is 0 Å². The normalized spacial score (nSPS) is 26.4. The van der Waals surface area contributed by atoms with Gasteiger partial charge in [0.2, 0.25) is 5.91 Å². The van der Waals surface area contributed by atoms with Crippen LogP contribution in [0.4, 0.5) is 0 Å². The van der Waals surface area contributed by atoms with E-state index >= 15 is 0 Å². The van der Waals surface area contributed by atoms with Gasteiger partial charge in [0, 0.05) is 6.54 Å². The van der Waals surface area contributed by atoms with Gasteiger partial charge in [0.25, 0.3) is 0 Å². The molecule has 1 aromatic carbocycles. The van der Waals surface area contributed by atoms with Crippen LogP contribution in [-0.4, -0.2) is 16.8 Å². The maximum atomic E-state index is 12.0. The van der Waals surface area contributed by atoms with E-state index in [1.54, 1.807) is 0 Å². The second kappa shape index (κ2) is 4.21. The number of rotatable bonds is 2. The van der Waals surface area contributed by atoms with E-state index in [0.29, 0.717) is 0 Å². The van der Waals surface area contributed by atoms with Gasteiger partial charge in [-0.1, -0.05) is 54.6 Å². The SMILES string of the molecule is O=C1C2CC=CC=CC2N1Cc1ccccc1. The second-order valence-corrected chi connectivity index (χ2v) is 4.60. The lowest BCUT2D eigenvalue weighted by molar-refractivity contribution is -0.153. The van der Waals surface area contributed by atoms with Gasteiger partial charge in [-0.05, 0) is 12.0 Å². The molecule has 2 heteroatoms. The predicted octanol–water partition coefficient (Wildman–Crippen LogP) is 2.53. The van der Waals surface area contributed by atoms with E-state index in [-0.39, 0.29) is 17.9 Å². The summed E-state index contributed by atoms with van der Waals surface area (Å²) in [6.07, 6.45) is 9.18. The Balaban J connectivity index is 1.75. The van der Waals surface area contributed by atoms with Crippen LogP contribution in [0.25, 0.3) is 0 Å². The van der Waals surface area contributed by atoms with E-state index in [1.807, 2.05) is 29.2 Å². The van der Waals surface area contributed by atoms with Crippen LogP contribution in [0.5, 0.6) is 0 Å². The highest BCUT2D eigenvalue weighted by Crippen LogP contribution is 2.33. The summed E-state index contributed by atoms with van der Waals surface area (Å²) in [4.78, 5) is 14.0. The van der Waals surface area contributed by atoms with E-state index in [4.69, 9.17) is 0 Å². The van der Waals surface area contributed by atoms with E-state index in [2.05, 4.69) is 30.4 Å². The zero-order valence-electron chi connectivity index (χ0n) is 9.62. The standard InChI is InChI=1S/C15H15NO/c17-15-13-9-5-2-6-10-14(13)16(15)11-12-7-3-1-4-8-12/h1-8,10,13-14H,9,11H2. The van der Waals surface area contributed by atoms with Gasteiger partial charge in [-0.25, -0.2) is 0 Å². The Kier molecular flexibility index (Phi) is 2.56. The zero-order chi connectivity index (χ0) is 11.7. The number of carbonyl (C=O) groups excluding carboxylic acids is 1. The number of likely N-dealkylation sites (tertiary alicyclic amines) is 1. The molecule has 1 aromatic rings. The predicted molar refractivity (Wildman–Crippen MR) is 67.2 cm³/mol. The minimum Gasteiger partial charge on any atom is -0.331 e. The molecule has 0 spiro atoms. The molecular weight excluding hydrogens is 210 g/mol. The average Bonchev–Trinajstić information content (AvgIpc) is 2.60. The molecule has 2 atom stereocenters. The second-order valence-electron chi connectivity index (χ2n) is 4.60. The first-order chi connectivity index (χ1) is 8.36. The maximum Gasteiger partial charge on any atom is 0.229 e. The van der Waals surface area contributed by atoms with Crippen LogP contribution in [0, 0.1) is 5.92 Å². The van der Waals surface area contributed by atoms with Crippen molar-refractivity contribution in [3.05, 3.63) is 60.2 Å². The Hall–Kier alpha value is -1.83. The first kappa shape index (κ1) is 10.3. The van der Waals surface area contributed by atoms with Crippen molar-refractivity contribution in [2.24, 2.45) is 5.92 Å². The molecule has 2 nitrogen and oxygen atoms in total. The van der Waals surface area contributed by atoms with Gasteiger partial charge in [0.15, 0.2) is 0 Å². The third kappa shape index (κ3) is 1.80. The molecule has 1 aliphatic heterocycles. The van der Waals surface area contributed by atoms with Gasteiger partial charge in [-0.15, -0.1) is 0 Å². The molecule has 1 amide bonds. The fourth-order valence-corrected chi connectivity index (χ4v) is 2.56. The van der Waals surface area contributed by atoms with Crippen molar-refractivity contribution in [2.75, 3.05) is 0 Å². The Morgan fingerprint density at radius 3 is 2.82 bits per heavy atom. The van der Waals surface area contributed by atoms with Crippen molar-refractivity contribution in [3.8, 4) is 0 Å². The van der Waals surface area contributed by atoms with Crippen molar-refractivity contribution in [3.63, 3.8) is 0 Å². The Labute approximate surface area is 101 Å². The van der Waals surface area contributed by atoms with Crippen molar-refractivity contribution >= 4 is 5.91 Å². The van der Waals surface area contributed by atoms with Crippen molar-refractivity contribution in [1.29, 1.82) is 0 Å². The molecule has 0 bridgehead atoms. The number of nitrogens with zero attached hydrogens (tertiary/aromatic N) is 1. The summed E-state index contributed by atoms with van der Waals surface area (Å²) >= 11 is 0. The fraction of sp³-hybridized carbons (Fsp3) is 0.267. The number of fused-ring (bicyclic) bond motifs is 1. The summed E-state index contributed by atoms with van der Waals surface area (Å²) < 4.78 is 0. The summed E-state index contributed by atoms with van der Waals surface area (Å²) in [6, 6.07) is 10.5. The Bertz CT molecular complexity index is 475. The van der Waals surface area contributed by atoms with Crippen LogP contribution in [0.15, 0.2) is 54.6 Å². The summed E-state index contributed by atoms with van der Waals surface area (Å²) in [5.74, 6) is 0.462. The van der Waals surface area contributed by atoms with Crippen molar-refractivity contribution in [2.45, 2.75) is 19.0 Å². The highest BCUT2D eigenvalue weighted by molar-refractivity contribution is 5.87. The summed E-state index contributed by atoms with van der Waals surface area (Å²) in [6.45, 7) is 0.727. The van der Waals surface area contributed by atoms with Crippen LogP contribution < -0.4 is 0 Å². The summed E-state index contributed by atoms with van der Waals surface area (Å²) in [7, 11) is 0. The number of β-lactam (4-membered cyclic amide) rings is 1. The van der Waals surface area contributed by atoms with Crippen molar-refractivity contribution in [1.82, 2.24) is 4.90 Å². The minimum absolute atomic E-state index is 0.175. The Morgan fingerprint density at radius 2 is 2.00 bits per heavy atom. The molecule has 0 radical (unpaired) electrons. The maximum absolute atomic E-state index is 12.0. The molecule has 2 unspecified atom stereocenters. The van der Waals surface area contributed by atoms with Crippen LogP contribution in [0.2, 0.25) is 0 Å². The highest BCUT2D eigenvalue weighted by atomic mass is 16.2. The molecule has 86 valence electrons. The van der Waals surface area contributed by atoms with Gasteiger partial charge >= 0.3 is 0 Å². The number of benzene rings is 1. The van der Waals surface area contributed by atoms with Gasteiger partial charge in [0.1, 0.15) is 0 Å². The molecular formula is C15H15NO. The van der Waals surface area contributed by atoms with Gasteiger partial charge in [-0.3, -0.25) is 4.79 Å². The number of amides is 1. The minimum atomic E-state index is 0.175. The topological polar surface area (TPSA) is 20.3 Å². The molecule has 3 rings (SSSR count). The first-order valence-corrected chi connectivity index (χ1v) is 6.04. The van der Waals surface area contributed by atoms with E-state index in [9.17, 15) is 4.79 Å². The molecule has 1 heterocycles. The number of allylic oxidation sites excluding steroid dienone is 3. The monoisotopic (exact) mass is 225 g/mol. The van der Waals surface area contributed by atoms with Crippen LogP contribution in [-0.2, 0) is 11.3 Å². The zero-order valence-corrected chi connectivity index (χ0v) is 9.62. The molecule has 0 N–H and O–H groups in total. The quantitative estimate of drug-likeness (QED) is 0.708. The fourth-order valence-electron chi connectivity index (χ4n) is 2.56. The number of hydrogen-bond acceptors (Lipinski definition) is 1. The molecule has 1 fully saturated rings. The molecule has 17 heavy (non-hydrogen) atoms. The lowest BCUT2D eigenvalue weighted by atomic mass is 9.85. The molecule has 1 aliphatic carbocycles. The average molecular weight is 225 g/mol. The van der Waals surface area contributed by atoms with E-state index < -0.39 is 0 Å². The van der Waals surface area contributed by atoms with Crippen LogP contribution >= 0.6 is 0 Å². The lowest BCUT2D eigenvalue weighted by Crippen LogP contribution is -2.58. The highest BCUT2D eigenvalue weighted by Gasteiger charge is 2.44. The van der Waals surface area contributed by atoms with Gasteiger partial charge in [0.05, 0.1) is 12.0 Å². The molecule has 1 saturated heterocycles. The molecule has 0 aromatic heterocycles. The van der Waals surface area contributed by atoms with Gasteiger partial charge < -0.3 is 4.90 Å². The van der Waals surface area contributed by atoms with Crippen molar-refractivity contribution < 1.29 is 4.79 Å². The summed E-state index contributed by atoms with van der Waals surface area (Å²) in [5, 5.41) is 0. The van der Waals surface area contributed by atoms with E-state index in [0.717, 1.165) is 13.0 Å². The third-order valence-electron chi connectivity index (χ3n) is 3.51. The Morgan fingerprint density at radius 1 is 1.18 bits per heavy atom. The van der Waals surface area contributed by atoms with E-state index in [1.165, 1.54) is 5.56 Å². The first-order valence-electron chi connectivity index (χ1n) is 6.04. The number of carbonyl (C=O) groups is 1. The molecule has 0 saturated carbocycles. The number of hydrogen-bond donors (Lipinski definition) is 0. The smallest absolute Gasteiger partial charge is 0.229 e. The largest absolute Gasteiger partial charge is 0.331 e. The van der Waals surface area contributed by atoms with Gasteiger partial charge in [-0.2, -0.15) is 0 Å². The third-order valence-corrected chi connectivity index (χ3v) is 3.51. The molecule has 2 aliphatic rings.